The third-order valence-corrected chi connectivity index (χ3v) is 4.85. The number of hydrogen-bond acceptors (Lipinski definition) is 6. The topological polar surface area (TPSA) is 70.5 Å². The number of ether oxygens (including phenoxy) is 1. The molecule has 1 aromatic carbocycles. The lowest BCUT2D eigenvalue weighted by Crippen LogP contribution is -2.51. The van der Waals surface area contributed by atoms with Gasteiger partial charge in [-0.25, -0.2) is 0 Å². The number of aromatic hydroxyl groups is 1. The molecule has 2 unspecified atom stereocenters. The number of nitrogens with zero attached hydrogens (tertiary/aromatic N) is 3. The van der Waals surface area contributed by atoms with Crippen molar-refractivity contribution < 1.29 is 9.84 Å². The van der Waals surface area contributed by atoms with E-state index in [-0.39, 0.29) is 11.9 Å². The number of hydrogen-bond donors (Lipinski definition) is 2. The van der Waals surface area contributed by atoms with E-state index in [1.807, 2.05) is 32.0 Å². The van der Waals surface area contributed by atoms with Crippen LogP contribution >= 0.6 is 0 Å². The Morgan fingerprint density at radius 2 is 2.08 bits per heavy atom. The Balaban J connectivity index is 1.64. The van der Waals surface area contributed by atoms with Gasteiger partial charge in [0.15, 0.2) is 5.82 Å². The van der Waals surface area contributed by atoms with Gasteiger partial charge in [-0.15, -0.1) is 10.2 Å². The Morgan fingerprint density at radius 3 is 2.83 bits per heavy atom. The van der Waals surface area contributed by atoms with Crippen LogP contribution in [-0.2, 0) is 4.74 Å². The molecule has 6 nitrogen and oxygen atoms in total. The lowest BCUT2D eigenvalue weighted by atomic mass is 10.0. The van der Waals surface area contributed by atoms with Crippen molar-refractivity contribution in [1.29, 1.82) is 0 Å². The summed E-state index contributed by atoms with van der Waals surface area (Å²) < 4.78 is 5.80. The van der Waals surface area contributed by atoms with Gasteiger partial charge in [0.25, 0.3) is 0 Å². The summed E-state index contributed by atoms with van der Waals surface area (Å²) >= 11 is 0. The third-order valence-electron chi connectivity index (χ3n) is 4.85. The normalized spacial score (nSPS) is 23.3. The van der Waals surface area contributed by atoms with Gasteiger partial charge in [-0.05, 0) is 43.2 Å². The lowest BCUT2D eigenvalue weighted by Gasteiger charge is -2.37. The minimum absolute atomic E-state index is 0.226. The first-order chi connectivity index (χ1) is 11.6. The highest BCUT2D eigenvalue weighted by Crippen LogP contribution is 2.33. The summed E-state index contributed by atoms with van der Waals surface area (Å²) in [6, 6.07) is 8.04. The fraction of sp³-hybridized carbons (Fsp3) is 0.444. The molecule has 2 N–H and O–H groups in total. The zero-order valence-electron chi connectivity index (χ0n) is 14.0. The Morgan fingerprint density at radius 1 is 1.21 bits per heavy atom. The fourth-order valence-electron chi connectivity index (χ4n) is 3.76. The first-order valence-electron chi connectivity index (χ1n) is 8.37. The van der Waals surface area contributed by atoms with Gasteiger partial charge in [0.05, 0.1) is 24.4 Å². The average Bonchev–Trinajstić information content (AvgIpc) is 3.03. The molecule has 0 spiro atoms. The molecule has 1 aromatic heterocycles. The maximum absolute atomic E-state index is 10.3. The second-order valence-electron chi connectivity index (χ2n) is 6.58. The van der Waals surface area contributed by atoms with Crippen molar-refractivity contribution in [3.05, 3.63) is 35.4 Å². The number of morpholine rings is 1. The van der Waals surface area contributed by atoms with E-state index in [1.54, 1.807) is 6.07 Å². The smallest absolute Gasteiger partial charge is 0.151 e. The van der Waals surface area contributed by atoms with Crippen LogP contribution in [0, 0.1) is 13.8 Å². The van der Waals surface area contributed by atoms with E-state index in [9.17, 15) is 5.11 Å². The summed E-state index contributed by atoms with van der Waals surface area (Å²) in [5, 5.41) is 22.4. The van der Waals surface area contributed by atoms with Crippen molar-refractivity contribution in [2.75, 3.05) is 31.1 Å². The number of aryl methyl sites for hydroxylation is 2. The fourth-order valence-corrected chi connectivity index (χ4v) is 3.76. The molecule has 2 saturated heterocycles. The van der Waals surface area contributed by atoms with Gasteiger partial charge in [-0.2, -0.15) is 0 Å². The maximum Gasteiger partial charge on any atom is 0.151 e. The summed E-state index contributed by atoms with van der Waals surface area (Å²) in [6.45, 7) is 7.29. The summed E-state index contributed by atoms with van der Waals surface area (Å²) in [7, 11) is 0. The van der Waals surface area contributed by atoms with Crippen LogP contribution in [0.25, 0.3) is 11.3 Å². The van der Waals surface area contributed by atoms with Crippen LogP contribution in [0.15, 0.2) is 24.3 Å². The van der Waals surface area contributed by atoms with Crippen molar-refractivity contribution in [1.82, 2.24) is 15.5 Å². The van der Waals surface area contributed by atoms with Gasteiger partial charge >= 0.3 is 0 Å². The standard InChI is InChI=1S/C18H22N4O2/c1-11-7-12(2)18(15(23)8-11)13-3-4-17(21-20-13)22-5-6-24-16-10-19-9-14(16)22/h3-4,7-8,14,16,19,23H,5-6,9-10H2,1-2H3. The monoisotopic (exact) mass is 326 g/mol. The first-order valence-corrected chi connectivity index (χ1v) is 8.37. The minimum atomic E-state index is 0.226. The molecule has 2 atom stereocenters. The molecule has 2 aromatic rings. The molecule has 0 saturated carbocycles. The van der Waals surface area contributed by atoms with E-state index < -0.39 is 0 Å². The zero-order valence-corrected chi connectivity index (χ0v) is 14.0. The highest BCUT2D eigenvalue weighted by molar-refractivity contribution is 5.71. The number of rotatable bonds is 2. The summed E-state index contributed by atoms with van der Waals surface area (Å²) in [6.07, 6.45) is 0.226. The van der Waals surface area contributed by atoms with E-state index in [4.69, 9.17) is 4.74 Å². The first kappa shape index (κ1) is 15.4. The number of phenolic OH excluding ortho intramolecular Hbond substituents is 1. The lowest BCUT2D eigenvalue weighted by molar-refractivity contribution is 0.0346. The van der Waals surface area contributed by atoms with Crippen LogP contribution in [0.5, 0.6) is 5.75 Å². The number of fused-ring (bicyclic) bond motifs is 1. The maximum atomic E-state index is 10.3. The van der Waals surface area contributed by atoms with Crippen LogP contribution in [0.3, 0.4) is 0 Å². The molecule has 2 fully saturated rings. The van der Waals surface area contributed by atoms with Gasteiger partial charge in [0, 0.05) is 25.2 Å². The Bertz CT molecular complexity index is 724. The summed E-state index contributed by atoms with van der Waals surface area (Å²) in [5.74, 6) is 1.12. The quantitative estimate of drug-likeness (QED) is 0.874. The predicted octanol–water partition coefficient (Wildman–Crippen LogP) is 1.64. The Labute approximate surface area is 141 Å². The van der Waals surface area contributed by atoms with Crippen molar-refractivity contribution in [3.63, 3.8) is 0 Å². The van der Waals surface area contributed by atoms with E-state index in [2.05, 4.69) is 20.4 Å². The van der Waals surface area contributed by atoms with Crippen LogP contribution in [-0.4, -0.2) is 53.7 Å². The van der Waals surface area contributed by atoms with Gasteiger partial charge < -0.3 is 20.1 Å². The van der Waals surface area contributed by atoms with Gasteiger partial charge in [-0.1, -0.05) is 6.07 Å². The van der Waals surface area contributed by atoms with Crippen molar-refractivity contribution >= 4 is 5.82 Å². The highest BCUT2D eigenvalue weighted by atomic mass is 16.5. The van der Waals surface area contributed by atoms with Crippen LogP contribution in [0.1, 0.15) is 11.1 Å². The Kier molecular flexibility index (Phi) is 3.86. The summed E-state index contributed by atoms with van der Waals surface area (Å²) in [5.41, 5.74) is 3.48. The average molecular weight is 326 g/mol. The molecule has 24 heavy (non-hydrogen) atoms. The molecule has 0 bridgehead atoms. The van der Waals surface area contributed by atoms with Crippen LogP contribution in [0.2, 0.25) is 0 Å². The molecule has 2 aliphatic heterocycles. The molecule has 126 valence electrons. The highest BCUT2D eigenvalue weighted by Gasteiger charge is 2.36. The van der Waals surface area contributed by atoms with Gasteiger partial charge in [0.2, 0.25) is 0 Å². The molecule has 3 heterocycles. The minimum Gasteiger partial charge on any atom is -0.507 e. The number of phenols is 1. The van der Waals surface area contributed by atoms with Crippen LogP contribution in [0.4, 0.5) is 5.82 Å². The molecule has 2 aliphatic rings. The largest absolute Gasteiger partial charge is 0.507 e. The van der Waals surface area contributed by atoms with E-state index in [0.29, 0.717) is 18.3 Å². The molecule has 0 amide bonds. The molecular weight excluding hydrogens is 304 g/mol. The Hall–Kier alpha value is -2.18. The molecule has 6 heteroatoms. The van der Waals surface area contributed by atoms with E-state index >= 15 is 0 Å². The van der Waals surface area contributed by atoms with Crippen molar-refractivity contribution in [2.24, 2.45) is 0 Å². The second-order valence-corrected chi connectivity index (χ2v) is 6.58. The van der Waals surface area contributed by atoms with E-state index in [0.717, 1.165) is 42.1 Å². The number of aromatic nitrogens is 2. The number of benzene rings is 1. The zero-order chi connectivity index (χ0) is 16.7. The van der Waals surface area contributed by atoms with E-state index in [1.165, 1.54) is 0 Å². The van der Waals surface area contributed by atoms with Crippen molar-refractivity contribution in [3.8, 4) is 17.0 Å². The van der Waals surface area contributed by atoms with Gasteiger partial charge in [-0.3, -0.25) is 0 Å². The molecule has 4 rings (SSSR count). The predicted molar refractivity (Wildman–Crippen MR) is 92.4 cm³/mol. The summed E-state index contributed by atoms with van der Waals surface area (Å²) in [4.78, 5) is 2.27. The molecule has 0 radical (unpaired) electrons. The third kappa shape index (κ3) is 2.61. The molecule has 0 aliphatic carbocycles. The van der Waals surface area contributed by atoms with Gasteiger partial charge in [0.1, 0.15) is 5.75 Å². The number of anilines is 1. The second kappa shape index (κ2) is 6.03. The van der Waals surface area contributed by atoms with Crippen LogP contribution < -0.4 is 10.2 Å². The SMILES string of the molecule is Cc1cc(C)c(-c2ccc(N3CCOC4CNCC43)nn2)c(O)c1. The number of nitrogens with one attached hydrogen (secondary N) is 1. The van der Waals surface area contributed by atoms with Crippen molar-refractivity contribution in [2.45, 2.75) is 26.0 Å². The molecular formula is C18H22N4O2.